The Bertz CT molecular complexity index is 715. The fourth-order valence-corrected chi connectivity index (χ4v) is 3.92. The van der Waals surface area contributed by atoms with Gasteiger partial charge >= 0.3 is 6.09 Å². The van der Waals surface area contributed by atoms with E-state index in [9.17, 15) is 9.18 Å². The van der Waals surface area contributed by atoms with Crippen molar-refractivity contribution in [3.8, 4) is 0 Å². The van der Waals surface area contributed by atoms with Crippen LogP contribution >= 0.6 is 0 Å². The molecule has 31 heavy (non-hydrogen) atoms. The van der Waals surface area contributed by atoms with Crippen LogP contribution in [0.1, 0.15) is 45.1 Å². The lowest BCUT2D eigenvalue weighted by Crippen LogP contribution is -2.49. The maximum absolute atomic E-state index is 13.1. The third kappa shape index (κ3) is 8.01. The largest absolute Gasteiger partial charge is 0.450 e. The Morgan fingerprint density at radius 3 is 2.52 bits per heavy atom. The number of halogens is 1. The van der Waals surface area contributed by atoms with Crippen LogP contribution in [0, 0.1) is 11.7 Å². The van der Waals surface area contributed by atoms with Gasteiger partial charge in [0.05, 0.1) is 19.2 Å². The van der Waals surface area contributed by atoms with Gasteiger partial charge in [0.1, 0.15) is 5.82 Å². The summed E-state index contributed by atoms with van der Waals surface area (Å²) in [5.41, 5.74) is 1.14. The number of guanidine groups is 1. The van der Waals surface area contributed by atoms with Crippen molar-refractivity contribution >= 4 is 12.1 Å². The summed E-state index contributed by atoms with van der Waals surface area (Å²) in [4.78, 5) is 19.0. The Morgan fingerprint density at radius 2 is 1.90 bits per heavy atom. The monoisotopic (exact) mass is 433 g/mol. The Hall–Kier alpha value is -2.35. The summed E-state index contributed by atoms with van der Waals surface area (Å²) < 4.78 is 18.1. The lowest BCUT2D eigenvalue weighted by Gasteiger charge is -2.33. The second kappa shape index (κ2) is 11.9. The van der Waals surface area contributed by atoms with Gasteiger partial charge in [-0.1, -0.05) is 12.1 Å². The standard InChI is InChI=1S/C23H36FN5O2/c1-3-25-22(26-15-21(18-7-8-18)28-23(30)31-4-2)27-20-11-13-29(14-12-20)16-17-5-9-19(24)10-6-17/h5-6,9-10,18,20-21H,3-4,7-8,11-16H2,1-2H3,(H,28,30)(H2,25,26,27). The molecule has 1 aromatic carbocycles. The van der Waals surface area contributed by atoms with Gasteiger partial charge in [-0.25, -0.2) is 9.18 Å². The van der Waals surface area contributed by atoms with E-state index in [1.54, 1.807) is 0 Å². The molecule has 3 N–H and O–H groups in total. The molecule has 1 atom stereocenters. The SMILES string of the molecule is CCNC(=NCC(NC(=O)OCC)C1CC1)NC1CCN(Cc2ccc(F)cc2)CC1. The van der Waals surface area contributed by atoms with E-state index in [1.165, 1.54) is 12.1 Å². The van der Waals surface area contributed by atoms with Crippen molar-refractivity contribution in [3.63, 3.8) is 0 Å². The molecule has 1 unspecified atom stereocenters. The van der Waals surface area contributed by atoms with Gasteiger partial charge in [0.25, 0.3) is 0 Å². The maximum atomic E-state index is 13.1. The number of ether oxygens (including phenoxy) is 1. The van der Waals surface area contributed by atoms with E-state index in [0.717, 1.165) is 63.4 Å². The number of nitrogens with zero attached hydrogens (tertiary/aromatic N) is 2. The highest BCUT2D eigenvalue weighted by atomic mass is 19.1. The number of benzene rings is 1. The summed E-state index contributed by atoms with van der Waals surface area (Å²) in [5.74, 6) is 1.10. The fraction of sp³-hybridized carbons (Fsp3) is 0.652. The molecule has 0 radical (unpaired) electrons. The highest BCUT2D eigenvalue weighted by Crippen LogP contribution is 2.32. The molecule has 1 heterocycles. The first kappa shape index (κ1) is 23.3. The number of amides is 1. The maximum Gasteiger partial charge on any atom is 0.407 e. The number of likely N-dealkylation sites (tertiary alicyclic amines) is 1. The number of nitrogens with one attached hydrogen (secondary N) is 3. The number of rotatable bonds is 9. The first-order valence-corrected chi connectivity index (χ1v) is 11.5. The minimum absolute atomic E-state index is 0.0204. The van der Waals surface area contributed by atoms with E-state index in [0.29, 0.717) is 25.1 Å². The Kier molecular flexibility index (Phi) is 8.94. The predicted molar refractivity (Wildman–Crippen MR) is 120 cm³/mol. The second-order valence-electron chi connectivity index (χ2n) is 8.35. The highest BCUT2D eigenvalue weighted by Gasteiger charge is 2.32. The molecule has 172 valence electrons. The summed E-state index contributed by atoms with van der Waals surface area (Å²) in [5, 5.41) is 9.85. The van der Waals surface area contributed by atoms with E-state index < -0.39 is 0 Å². The third-order valence-corrected chi connectivity index (χ3v) is 5.81. The lowest BCUT2D eigenvalue weighted by atomic mass is 10.0. The quantitative estimate of drug-likeness (QED) is 0.412. The molecule has 8 heteroatoms. The first-order chi connectivity index (χ1) is 15.1. The number of alkyl carbamates (subject to hydrolysis) is 1. The van der Waals surface area contributed by atoms with Gasteiger partial charge in [-0.3, -0.25) is 9.89 Å². The molecule has 2 fully saturated rings. The van der Waals surface area contributed by atoms with Crippen molar-refractivity contribution in [1.29, 1.82) is 0 Å². The predicted octanol–water partition coefficient (Wildman–Crippen LogP) is 2.87. The molecule has 0 spiro atoms. The number of carbonyl (C=O) groups excluding carboxylic acids is 1. The minimum Gasteiger partial charge on any atom is -0.450 e. The van der Waals surface area contributed by atoms with Gasteiger partial charge < -0.3 is 20.7 Å². The van der Waals surface area contributed by atoms with Crippen LogP contribution in [0.25, 0.3) is 0 Å². The van der Waals surface area contributed by atoms with Crippen molar-refractivity contribution in [2.24, 2.45) is 10.9 Å². The van der Waals surface area contributed by atoms with Crippen molar-refractivity contribution in [1.82, 2.24) is 20.9 Å². The van der Waals surface area contributed by atoms with Gasteiger partial charge in [0, 0.05) is 32.2 Å². The van der Waals surface area contributed by atoms with Crippen molar-refractivity contribution in [2.75, 3.05) is 32.8 Å². The zero-order valence-corrected chi connectivity index (χ0v) is 18.7. The molecule has 1 saturated carbocycles. The minimum atomic E-state index is -0.360. The summed E-state index contributed by atoms with van der Waals surface area (Å²) in [6.07, 6.45) is 3.95. The zero-order valence-electron chi connectivity index (χ0n) is 18.7. The number of carbonyl (C=O) groups is 1. The van der Waals surface area contributed by atoms with Gasteiger partial charge in [-0.05, 0) is 63.1 Å². The number of hydrogen-bond acceptors (Lipinski definition) is 4. The average molecular weight is 434 g/mol. The van der Waals surface area contributed by atoms with Gasteiger partial charge in [-0.2, -0.15) is 0 Å². The van der Waals surface area contributed by atoms with Crippen LogP contribution in [0.5, 0.6) is 0 Å². The van der Waals surface area contributed by atoms with Gasteiger partial charge in [0.2, 0.25) is 0 Å². The summed E-state index contributed by atoms with van der Waals surface area (Å²) >= 11 is 0. The number of hydrogen-bond donors (Lipinski definition) is 3. The molecule has 7 nitrogen and oxygen atoms in total. The number of aliphatic imine (C=N–C) groups is 1. The molecular formula is C23H36FN5O2. The van der Waals surface area contributed by atoms with Gasteiger partial charge in [0.15, 0.2) is 5.96 Å². The highest BCUT2D eigenvalue weighted by molar-refractivity contribution is 5.80. The molecular weight excluding hydrogens is 397 g/mol. The van der Waals surface area contributed by atoms with Crippen LogP contribution in [0.2, 0.25) is 0 Å². The van der Waals surface area contributed by atoms with E-state index in [4.69, 9.17) is 9.73 Å². The zero-order chi connectivity index (χ0) is 22.1. The van der Waals surface area contributed by atoms with Crippen molar-refractivity contribution in [3.05, 3.63) is 35.6 Å². The van der Waals surface area contributed by atoms with E-state index in [1.807, 2.05) is 19.1 Å². The second-order valence-corrected chi connectivity index (χ2v) is 8.35. The van der Waals surface area contributed by atoms with Crippen LogP contribution in [-0.4, -0.2) is 61.8 Å². The summed E-state index contributed by atoms with van der Waals surface area (Å²) in [7, 11) is 0. The van der Waals surface area contributed by atoms with Crippen LogP contribution in [0.4, 0.5) is 9.18 Å². The molecule has 1 aliphatic carbocycles. The molecule has 0 bridgehead atoms. The topological polar surface area (TPSA) is 78.0 Å². The molecule has 0 aromatic heterocycles. The van der Waals surface area contributed by atoms with Crippen LogP contribution in [-0.2, 0) is 11.3 Å². The van der Waals surface area contributed by atoms with Gasteiger partial charge in [-0.15, -0.1) is 0 Å². The molecule has 1 aromatic rings. The summed E-state index contributed by atoms with van der Waals surface area (Å²) in [6.45, 7) is 8.39. The Balaban J connectivity index is 1.47. The van der Waals surface area contributed by atoms with Crippen LogP contribution < -0.4 is 16.0 Å². The fourth-order valence-electron chi connectivity index (χ4n) is 3.92. The molecule has 2 aliphatic rings. The van der Waals surface area contributed by atoms with Crippen LogP contribution in [0.15, 0.2) is 29.3 Å². The van der Waals surface area contributed by atoms with E-state index in [-0.39, 0.29) is 18.0 Å². The molecule has 1 amide bonds. The molecule has 1 aliphatic heterocycles. The molecule has 3 rings (SSSR count). The third-order valence-electron chi connectivity index (χ3n) is 5.81. The normalized spacial score (nSPS) is 19.0. The van der Waals surface area contributed by atoms with Crippen LogP contribution in [0.3, 0.4) is 0 Å². The Morgan fingerprint density at radius 1 is 1.19 bits per heavy atom. The van der Waals surface area contributed by atoms with E-state index in [2.05, 4.69) is 27.8 Å². The van der Waals surface area contributed by atoms with Crippen molar-refractivity contribution in [2.45, 2.75) is 58.2 Å². The average Bonchev–Trinajstić information content (AvgIpc) is 3.60. The number of piperidine rings is 1. The van der Waals surface area contributed by atoms with Crippen molar-refractivity contribution < 1.29 is 13.9 Å². The first-order valence-electron chi connectivity index (χ1n) is 11.5. The summed E-state index contributed by atoms with van der Waals surface area (Å²) in [6, 6.07) is 7.14. The smallest absolute Gasteiger partial charge is 0.407 e. The lowest BCUT2D eigenvalue weighted by molar-refractivity contribution is 0.147. The molecule has 1 saturated heterocycles. The van der Waals surface area contributed by atoms with E-state index >= 15 is 0 Å². The Labute approximate surface area is 184 Å².